The molecule has 0 fully saturated rings. The van der Waals surface area contributed by atoms with Gasteiger partial charge in [0.05, 0.1) is 26.4 Å². The Kier molecular flexibility index (Phi) is 57.8. The monoisotopic (exact) mass is 1280 g/mol. The van der Waals surface area contributed by atoms with Crippen LogP contribution in [0.4, 0.5) is 0 Å². The lowest BCUT2D eigenvalue weighted by molar-refractivity contribution is -0.161. The number of carbonyl (C=O) groups excluding carboxylic acids is 4. The van der Waals surface area contributed by atoms with E-state index in [-0.39, 0.29) is 25.7 Å². The van der Waals surface area contributed by atoms with Crippen molar-refractivity contribution in [3.8, 4) is 0 Å². The zero-order valence-electron chi connectivity index (χ0n) is 56.5. The van der Waals surface area contributed by atoms with E-state index in [0.717, 1.165) is 102 Å². The number of aliphatic hydroxyl groups excluding tert-OH is 1. The summed E-state index contributed by atoms with van der Waals surface area (Å²) in [5.74, 6) is 0.100. The van der Waals surface area contributed by atoms with E-state index in [1.165, 1.54) is 148 Å². The van der Waals surface area contributed by atoms with Gasteiger partial charge in [0, 0.05) is 25.7 Å². The normalized spacial score (nSPS) is 14.3. The highest BCUT2D eigenvalue weighted by Gasteiger charge is 2.30. The molecule has 3 N–H and O–H groups in total. The molecule has 17 nitrogen and oxygen atoms in total. The largest absolute Gasteiger partial charge is 0.472 e. The number of ether oxygens (including phenoxy) is 4. The van der Waals surface area contributed by atoms with Crippen LogP contribution in [0.3, 0.4) is 0 Å². The van der Waals surface area contributed by atoms with E-state index in [1.54, 1.807) is 0 Å². The molecule has 0 heterocycles. The summed E-state index contributed by atoms with van der Waals surface area (Å²) in [5, 5.41) is 10.6. The lowest BCUT2D eigenvalue weighted by Crippen LogP contribution is -2.30. The SMILES string of the molecule is CCCCCCCCCCCC(=O)OC[C@H](COP(=O)(O)OC[C@H](O)COP(=O)(O)OC[C@@H](COC(=O)CCCCCCCCCCCCCC(C)C)OC(=O)CCCCCCCCCCCCCC(C)C)OC(=O)CCCCCCCCCC(C)C. The van der Waals surface area contributed by atoms with Crippen LogP contribution in [0.1, 0.15) is 337 Å². The molecular weight excluding hydrogens is 1150 g/mol. The Balaban J connectivity index is 5.24. The van der Waals surface area contributed by atoms with Gasteiger partial charge in [-0.3, -0.25) is 37.3 Å². The van der Waals surface area contributed by atoms with Crippen molar-refractivity contribution in [2.75, 3.05) is 39.6 Å². The smallest absolute Gasteiger partial charge is 0.462 e. The summed E-state index contributed by atoms with van der Waals surface area (Å²) >= 11 is 0. The quantitative estimate of drug-likeness (QED) is 0.0222. The van der Waals surface area contributed by atoms with Crippen LogP contribution in [0.15, 0.2) is 0 Å². The standard InChI is InChI=1S/C68H132O17P2/c1-8-9-10-11-12-19-28-35-42-49-65(70)78-56-64(85-68(73)52-45-38-31-24-27-34-41-48-61(6)7)58-83-87(76,77)81-54-62(69)53-80-86(74,75)82-57-63(84-67(72)51-44-37-30-23-18-14-16-21-26-33-40-47-60(4)5)55-79-66(71)50-43-36-29-22-17-13-15-20-25-32-39-46-59(2)3/h59-64,69H,8-58H2,1-7H3,(H,74,75)(H,76,77)/t62-,63-,64-/m1/s1. The number of unbranched alkanes of at least 4 members (excludes halogenated alkanes) is 34. The van der Waals surface area contributed by atoms with Gasteiger partial charge in [0.1, 0.15) is 19.3 Å². The van der Waals surface area contributed by atoms with Gasteiger partial charge < -0.3 is 33.8 Å². The summed E-state index contributed by atoms with van der Waals surface area (Å²) in [6.45, 7) is 11.8. The molecule has 0 aromatic carbocycles. The Hall–Kier alpha value is -1.94. The lowest BCUT2D eigenvalue weighted by Gasteiger charge is -2.21. The van der Waals surface area contributed by atoms with Crippen LogP contribution >= 0.6 is 15.6 Å². The Labute approximate surface area is 530 Å². The Bertz CT molecular complexity index is 1720. The van der Waals surface area contributed by atoms with Crippen LogP contribution in [0.25, 0.3) is 0 Å². The van der Waals surface area contributed by atoms with Crippen LogP contribution in [0.5, 0.6) is 0 Å². The van der Waals surface area contributed by atoms with E-state index in [4.69, 9.17) is 37.0 Å². The Morgan fingerprint density at radius 3 is 0.782 bits per heavy atom. The van der Waals surface area contributed by atoms with Crippen molar-refractivity contribution in [1.29, 1.82) is 0 Å². The third-order valence-electron chi connectivity index (χ3n) is 15.6. The van der Waals surface area contributed by atoms with Crippen LogP contribution < -0.4 is 0 Å². The van der Waals surface area contributed by atoms with Gasteiger partial charge in [-0.2, -0.15) is 0 Å². The summed E-state index contributed by atoms with van der Waals surface area (Å²) in [7, 11) is -9.89. The zero-order valence-corrected chi connectivity index (χ0v) is 58.3. The second-order valence-electron chi connectivity index (χ2n) is 26.0. The van der Waals surface area contributed by atoms with Gasteiger partial charge in [-0.1, -0.05) is 286 Å². The van der Waals surface area contributed by atoms with Gasteiger partial charge in [0.25, 0.3) is 0 Å². The maximum atomic E-state index is 13.0. The summed E-state index contributed by atoms with van der Waals surface area (Å²) in [6, 6.07) is 0. The first-order valence-electron chi connectivity index (χ1n) is 35.3. The molecule has 0 aliphatic carbocycles. The van der Waals surface area contributed by atoms with E-state index in [9.17, 15) is 43.2 Å². The molecule has 0 aromatic rings. The van der Waals surface area contributed by atoms with Crippen molar-refractivity contribution in [3.63, 3.8) is 0 Å². The number of aliphatic hydroxyl groups is 1. The van der Waals surface area contributed by atoms with Crippen molar-refractivity contribution in [3.05, 3.63) is 0 Å². The van der Waals surface area contributed by atoms with Crippen molar-refractivity contribution in [1.82, 2.24) is 0 Å². The molecule has 87 heavy (non-hydrogen) atoms. The first-order valence-corrected chi connectivity index (χ1v) is 38.3. The number of hydrogen-bond acceptors (Lipinski definition) is 15. The van der Waals surface area contributed by atoms with Crippen molar-refractivity contribution < 1.29 is 80.2 Å². The highest BCUT2D eigenvalue weighted by atomic mass is 31.2. The second kappa shape index (κ2) is 59.1. The van der Waals surface area contributed by atoms with Crippen LogP contribution in [0.2, 0.25) is 0 Å². The summed E-state index contributed by atoms with van der Waals surface area (Å²) in [6.07, 6.45) is 41.7. The Morgan fingerprint density at radius 2 is 0.529 bits per heavy atom. The maximum Gasteiger partial charge on any atom is 0.472 e. The number of phosphoric ester groups is 2. The van der Waals surface area contributed by atoms with Crippen molar-refractivity contribution in [2.24, 2.45) is 17.8 Å². The van der Waals surface area contributed by atoms with E-state index in [1.807, 2.05) is 0 Å². The number of hydrogen-bond donors (Lipinski definition) is 3. The lowest BCUT2D eigenvalue weighted by atomic mass is 10.0. The number of phosphoric acid groups is 2. The van der Waals surface area contributed by atoms with Gasteiger partial charge in [0.2, 0.25) is 0 Å². The van der Waals surface area contributed by atoms with Gasteiger partial charge in [-0.05, 0) is 43.4 Å². The molecule has 0 spiro atoms. The molecule has 0 bridgehead atoms. The molecule has 0 aliphatic heterocycles. The van der Waals surface area contributed by atoms with Crippen molar-refractivity contribution >= 4 is 39.5 Å². The zero-order chi connectivity index (χ0) is 64.5. The highest BCUT2D eigenvalue weighted by molar-refractivity contribution is 7.47. The molecule has 0 saturated carbocycles. The van der Waals surface area contributed by atoms with Gasteiger partial charge >= 0.3 is 39.5 Å². The number of rotatable bonds is 66. The summed E-state index contributed by atoms with van der Waals surface area (Å²) < 4.78 is 68.1. The van der Waals surface area contributed by atoms with Crippen LogP contribution in [0, 0.1) is 17.8 Å². The van der Waals surface area contributed by atoms with Crippen molar-refractivity contribution in [2.45, 2.75) is 356 Å². The first kappa shape index (κ1) is 85.1. The molecular formula is C68H132O17P2. The van der Waals surface area contributed by atoms with Gasteiger partial charge in [-0.15, -0.1) is 0 Å². The molecule has 0 radical (unpaired) electrons. The van der Waals surface area contributed by atoms with Gasteiger partial charge in [0.15, 0.2) is 12.2 Å². The fourth-order valence-corrected chi connectivity index (χ4v) is 11.8. The summed E-state index contributed by atoms with van der Waals surface area (Å²) in [5.41, 5.74) is 0. The predicted molar refractivity (Wildman–Crippen MR) is 349 cm³/mol. The third-order valence-corrected chi connectivity index (χ3v) is 17.5. The molecule has 2 unspecified atom stereocenters. The number of carbonyl (C=O) groups is 4. The topological polar surface area (TPSA) is 237 Å². The molecule has 0 rings (SSSR count). The number of esters is 4. The molecule has 0 amide bonds. The maximum absolute atomic E-state index is 13.0. The average Bonchev–Trinajstić information content (AvgIpc) is 3.68. The Morgan fingerprint density at radius 1 is 0.310 bits per heavy atom. The molecule has 0 saturated heterocycles. The molecule has 516 valence electrons. The van der Waals surface area contributed by atoms with Gasteiger partial charge in [-0.25, -0.2) is 9.13 Å². The fourth-order valence-electron chi connectivity index (χ4n) is 10.2. The first-order chi connectivity index (χ1) is 41.7. The highest BCUT2D eigenvalue weighted by Crippen LogP contribution is 2.45. The molecule has 0 aliphatic rings. The van der Waals surface area contributed by atoms with Crippen LogP contribution in [-0.4, -0.2) is 96.7 Å². The van der Waals surface area contributed by atoms with E-state index in [2.05, 4.69) is 48.5 Å². The average molecular weight is 1280 g/mol. The van der Waals surface area contributed by atoms with E-state index < -0.39 is 97.5 Å². The molecule has 5 atom stereocenters. The van der Waals surface area contributed by atoms with E-state index >= 15 is 0 Å². The minimum atomic E-state index is -4.95. The predicted octanol–water partition coefficient (Wildman–Crippen LogP) is 19.1. The second-order valence-corrected chi connectivity index (χ2v) is 28.9. The van der Waals surface area contributed by atoms with E-state index in [0.29, 0.717) is 31.6 Å². The fraction of sp³-hybridized carbons (Fsp3) is 0.941. The third kappa shape index (κ3) is 62.6. The van der Waals surface area contributed by atoms with Crippen LogP contribution in [-0.2, 0) is 65.4 Å². The molecule has 19 heteroatoms. The minimum absolute atomic E-state index is 0.103. The summed E-state index contributed by atoms with van der Waals surface area (Å²) in [4.78, 5) is 72.4. The molecule has 0 aromatic heterocycles. The minimum Gasteiger partial charge on any atom is -0.462 e.